The van der Waals surface area contributed by atoms with E-state index in [2.05, 4.69) is 52.0 Å². The van der Waals surface area contributed by atoms with Gasteiger partial charge in [-0.15, -0.1) is 0 Å². The lowest BCUT2D eigenvalue weighted by atomic mass is 9.98. The fourth-order valence-corrected chi connectivity index (χ4v) is 3.35. The molecule has 0 bridgehead atoms. The summed E-state index contributed by atoms with van der Waals surface area (Å²) in [4.78, 5) is 0. The third kappa shape index (κ3) is 3.58. The van der Waals surface area contributed by atoms with E-state index in [0.29, 0.717) is 12.2 Å². The summed E-state index contributed by atoms with van der Waals surface area (Å²) >= 11 is 0. The van der Waals surface area contributed by atoms with Gasteiger partial charge in [-0.25, -0.2) is 0 Å². The normalized spacial score (nSPS) is 21.3. The molecule has 2 aromatic rings. The van der Waals surface area contributed by atoms with Gasteiger partial charge in [-0.05, 0) is 73.2 Å². The van der Waals surface area contributed by atoms with Crippen LogP contribution < -0.4 is 4.74 Å². The first kappa shape index (κ1) is 16.6. The number of hydrogen-bond acceptors (Lipinski definition) is 3. The molecule has 2 aliphatic rings. The molecule has 25 heavy (non-hydrogen) atoms. The Hall–Kier alpha value is -1.84. The summed E-state index contributed by atoms with van der Waals surface area (Å²) in [5.74, 6) is 1.89. The van der Waals surface area contributed by atoms with Crippen molar-refractivity contribution in [1.82, 2.24) is 0 Å². The minimum atomic E-state index is 0.415. The van der Waals surface area contributed by atoms with Crippen LogP contribution in [0.25, 0.3) is 0 Å². The Morgan fingerprint density at radius 3 is 1.48 bits per heavy atom. The van der Waals surface area contributed by atoms with Crippen molar-refractivity contribution in [3.05, 3.63) is 57.6 Å². The second-order valence-electron chi connectivity index (χ2n) is 7.37. The molecule has 2 fully saturated rings. The summed E-state index contributed by atoms with van der Waals surface area (Å²) in [7, 11) is 0. The van der Waals surface area contributed by atoms with Crippen LogP contribution in [0.4, 0.5) is 0 Å². The van der Waals surface area contributed by atoms with Crippen LogP contribution in [0.1, 0.15) is 33.4 Å². The summed E-state index contributed by atoms with van der Waals surface area (Å²) in [5, 5.41) is 0. The minimum Gasteiger partial charge on any atom is -0.457 e. The standard InChI is InChI=1S/C22H26O3/c1-13-15(3)21(7-5-17(13)9-19-11-23-19)25-22-8-6-18(10-20-12-24-20)14(2)16(22)4/h5-8,19-20H,9-12H2,1-4H3/t19-,20-/m0/s1. The molecular weight excluding hydrogens is 312 g/mol. The lowest BCUT2D eigenvalue weighted by molar-refractivity contribution is 0.407. The SMILES string of the molecule is Cc1c(C[C@H]2CO2)ccc(Oc2ccc(C[C@H]3CO3)c(C)c2C)c1C. The van der Waals surface area contributed by atoms with Crippen LogP contribution in [0.2, 0.25) is 0 Å². The highest BCUT2D eigenvalue weighted by molar-refractivity contribution is 5.49. The Kier molecular flexibility index (Phi) is 4.30. The lowest BCUT2D eigenvalue weighted by Crippen LogP contribution is -2.02. The van der Waals surface area contributed by atoms with Crippen LogP contribution >= 0.6 is 0 Å². The third-order valence-corrected chi connectivity index (χ3v) is 5.62. The van der Waals surface area contributed by atoms with Crippen LogP contribution in [0.5, 0.6) is 11.5 Å². The summed E-state index contributed by atoms with van der Waals surface area (Å²) in [5.41, 5.74) is 7.77. The number of hydrogen-bond donors (Lipinski definition) is 0. The Labute approximate surface area is 149 Å². The summed E-state index contributed by atoms with van der Waals surface area (Å²) in [6.07, 6.45) is 2.84. The van der Waals surface area contributed by atoms with E-state index in [1.165, 1.54) is 33.4 Å². The van der Waals surface area contributed by atoms with Gasteiger partial charge >= 0.3 is 0 Å². The molecule has 2 saturated heterocycles. The van der Waals surface area contributed by atoms with Crippen molar-refractivity contribution in [2.45, 2.75) is 52.7 Å². The monoisotopic (exact) mass is 338 g/mol. The summed E-state index contributed by atoms with van der Waals surface area (Å²) < 4.78 is 17.0. The van der Waals surface area contributed by atoms with Crippen LogP contribution in [0.15, 0.2) is 24.3 Å². The molecule has 0 unspecified atom stereocenters. The fraction of sp³-hybridized carbons (Fsp3) is 0.455. The first-order chi connectivity index (χ1) is 12.0. The Morgan fingerprint density at radius 1 is 0.720 bits per heavy atom. The van der Waals surface area contributed by atoms with Crippen molar-refractivity contribution in [2.75, 3.05) is 13.2 Å². The van der Waals surface area contributed by atoms with Crippen molar-refractivity contribution in [3.63, 3.8) is 0 Å². The zero-order valence-electron chi connectivity index (χ0n) is 15.5. The number of rotatable bonds is 6. The van der Waals surface area contributed by atoms with Crippen LogP contribution in [-0.2, 0) is 22.3 Å². The third-order valence-electron chi connectivity index (χ3n) is 5.62. The van der Waals surface area contributed by atoms with Gasteiger partial charge in [0.15, 0.2) is 0 Å². The first-order valence-corrected chi connectivity index (χ1v) is 9.12. The van der Waals surface area contributed by atoms with Gasteiger partial charge in [0.05, 0.1) is 25.4 Å². The van der Waals surface area contributed by atoms with Crippen LogP contribution in [-0.4, -0.2) is 25.4 Å². The lowest BCUT2D eigenvalue weighted by Gasteiger charge is -2.17. The van der Waals surface area contributed by atoms with Crippen molar-refractivity contribution >= 4 is 0 Å². The molecule has 3 nitrogen and oxygen atoms in total. The van der Waals surface area contributed by atoms with E-state index in [4.69, 9.17) is 14.2 Å². The van der Waals surface area contributed by atoms with Gasteiger partial charge in [-0.3, -0.25) is 0 Å². The second-order valence-corrected chi connectivity index (χ2v) is 7.37. The van der Waals surface area contributed by atoms with Gasteiger partial charge < -0.3 is 14.2 Å². The predicted octanol–water partition coefficient (Wildman–Crippen LogP) is 4.60. The molecule has 0 N–H and O–H groups in total. The smallest absolute Gasteiger partial charge is 0.130 e. The van der Waals surface area contributed by atoms with E-state index in [9.17, 15) is 0 Å². The van der Waals surface area contributed by atoms with Crippen molar-refractivity contribution in [3.8, 4) is 11.5 Å². The summed E-state index contributed by atoms with van der Waals surface area (Å²) in [6, 6.07) is 8.56. The van der Waals surface area contributed by atoms with Gasteiger partial charge in [-0.2, -0.15) is 0 Å². The van der Waals surface area contributed by atoms with E-state index in [0.717, 1.165) is 37.6 Å². The first-order valence-electron chi connectivity index (χ1n) is 9.12. The largest absolute Gasteiger partial charge is 0.457 e. The minimum absolute atomic E-state index is 0.415. The van der Waals surface area contributed by atoms with E-state index < -0.39 is 0 Å². The topological polar surface area (TPSA) is 34.3 Å². The highest BCUT2D eigenvalue weighted by Crippen LogP contribution is 2.34. The molecule has 2 heterocycles. The van der Waals surface area contributed by atoms with Gasteiger partial charge in [0.25, 0.3) is 0 Å². The van der Waals surface area contributed by atoms with Crippen LogP contribution in [0, 0.1) is 27.7 Å². The number of epoxide rings is 2. The van der Waals surface area contributed by atoms with Crippen LogP contribution in [0.3, 0.4) is 0 Å². The Bertz CT molecular complexity index is 734. The molecule has 0 aliphatic carbocycles. The maximum Gasteiger partial charge on any atom is 0.130 e. The maximum atomic E-state index is 6.29. The van der Waals surface area contributed by atoms with E-state index in [1.807, 2.05) is 0 Å². The molecule has 2 aromatic carbocycles. The van der Waals surface area contributed by atoms with Crippen molar-refractivity contribution in [2.24, 2.45) is 0 Å². The average molecular weight is 338 g/mol. The van der Waals surface area contributed by atoms with Crippen molar-refractivity contribution < 1.29 is 14.2 Å². The van der Waals surface area contributed by atoms with Gasteiger partial charge in [0.1, 0.15) is 11.5 Å². The zero-order chi connectivity index (χ0) is 17.6. The molecule has 4 rings (SSSR count). The Balaban J connectivity index is 1.56. The quantitative estimate of drug-likeness (QED) is 0.722. The molecule has 0 radical (unpaired) electrons. The number of ether oxygens (including phenoxy) is 3. The van der Waals surface area contributed by atoms with E-state index >= 15 is 0 Å². The van der Waals surface area contributed by atoms with E-state index in [1.54, 1.807) is 0 Å². The van der Waals surface area contributed by atoms with Gasteiger partial charge in [-0.1, -0.05) is 12.1 Å². The van der Waals surface area contributed by atoms with Gasteiger partial charge in [0.2, 0.25) is 0 Å². The highest BCUT2D eigenvalue weighted by Gasteiger charge is 2.25. The van der Waals surface area contributed by atoms with E-state index in [-0.39, 0.29) is 0 Å². The Morgan fingerprint density at radius 2 is 1.12 bits per heavy atom. The second kappa shape index (κ2) is 6.47. The molecule has 3 heteroatoms. The zero-order valence-corrected chi connectivity index (χ0v) is 15.5. The molecular formula is C22H26O3. The molecule has 132 valence electrons. The fourth-order valence-electron chi connectivity index (χ4n) is 3.35. The molecule has 0 aromatic heterocycles. The molecule has 2 aliphatic heterocycles. The highest BCUT2D eigenvalue weighted by atomic mass is 16.6. The molecule has 0 spiro atoms. The summed E-state index contributed by atoms with van der Waals surface area (Å²) in [6.45, 7) is 10.4. The molecule has 0 saturated carbocycles. The average Bonchev–Trinajstić information content (AvgIpc) is 3.49. The van der Waals surface area contributed by atoms with Gasteiger partial charge in [0, 0.05) is 12.8 Å². The number of benzene rings is 2. The van der Waals surface area contributed by atoms with Crippen molar-refractivity contribution in [1.29, 1.82) is 0 Å². The molecule has 2 atom stereocenters. The molecule has 0 amide bonds. The maximum absolute atomic E-state index is 6.29. The predicted molar refractivity (Wildman–Crippen MR) is 98.8 cm³/mol.